The predicted octanol–water partition coefficient (Wildman–Crippen LogP) is 4.09. The Balaban J connectivity index is 2.25. The summed E-state index contributed by atoms with van der Waals surface area (Å²) in [7, 11) is 0. The predicted molar refractivity (Wildman–Crippen MR) is 83.5 cm³/mol. The van der Waals surface area contributed by atoms with Gasteiger partial charge in [0.25, 0.3) is 0 Å². The van der Waals surface area contributed by atoms with Crippen molar-refractivity contribution in [3.8, 4) is 0 Å². The lowest BCUT2D eigenvalue weighted by Gasteiger charge is -2.40. The molecule has 4 heteroatoms. The van der Waals surface area contributed by atoms with Crippen LogP contribution in [0, 0.1) is 5.92 Å². The van der Waals surface area contributed by atoms with Crippen molar-refractivity contribution in [1.29, 1.82) is 0 Å². The van der Waals surface area contributed by atoms with Crippen LogP contribution in [0.5, 0.6) is 0 Å². The van der Waals surface area contributed by atoms with Gasteiger partial charge in [-0.05, 0) is 44.4 Å². The van der Waals surface area contributed by atoms with Gasteiger partial charge in [0.2, 0.25) is 0 Å². The fraction of sp³-hybridized carbons (Fsp3) is 0.600. The van der Waals surface area contributed by atoms with Crippen molar-refractivity contribution in [1.82, 2.24) is 5.32 Å². The molecule has 19 heavy (non-hydrogen) atoms. The van der Waals surface area contributed by atoms with Crippen LogP contribution in [0.2, 0.25) is 5.02 Å². The molecule has 1 saturated heterocycles. The zero-order valence-electron chi connectivity index (χ0n) is 11.4. The SMILES string of the molecule is CCC1CCNC(C(C)(O)c2ccc(Br)cc2Cl)C1. The second kappa shape index (κ2) is 6.13. The van der Waals surface area contributed by atoms with Crippen molar-refractivity contribution >= 4 is 27.5 Å². The normalized spacial score (nSPS) is 27.0. The number of nitrogens with one attached hydrogen (secondary N) is 1. The van der Waals surface area contributed by atoms with Gasteiger partial charge in [0, 0.05) is 21.1 Å². The summed E-state index contributed by atoms with van der Waals surface area (Å²) >= 11 is 9.68. The molecule has 1 aromatic rings. The first-order valence-electron chi connectivity index (χ1n) is 6.86. The maximum Gasteiger partial charge on any atom is 0.103 e. The summed E-state index contributed by atoms with van der Waals surface area (Å²) in [4.78, 5) is 0. The van der Waals surface area contributed by atoms with E-state index < -0.39 is 5.60 Å². The molecule has 0 aromatic heterocycles. The molecule has 0 amide bonds. The van der Waals surface area contributed by atoms with E-state index in [1.807, 2.05) is 25.1 Å². The van der Waals surface area contributed by atoms with Crippen molar-refractivity contribution in [3.05, 3.63) is 33.3 Å². The lowest BCUT2D eigenvalue weighted by atomic mass is 9.79. The van der Waals surface area contributed by atoms with E-state index in [0.29, 0.717) is 10.9 Å². The van der Waals surface area contributed by atoms with E-state index in [0.717, 1.165) is 23.0 Å². The highest BCUT2D eigenvalue weighted by atomic mass is 79.9. The zero-order valence-corrected chi connectivity index (χ0v) is 13.8. The molecule has 1 aliphatic rings. The summed E-state index contributed by atoms with van der Waals surface area (Å²) in [5, 5.41) is 15.0. The molecule has 1 aromatic carbocycles. The first kappa shape index (κ1) is 15.3. The molecule has 0 aliphatic carbocycles. The van der Waals surface area contributed by atoms with Gasteiger partial charge >= 0.3 is 0 Å². The summed E-state index contributed by atoms with van der Waals surface area (Å²) in [6, 6.07) is 5.73. The molecule has 3 atom stereocenters. The molecule has 1 fully saturated rings. The van der Waals surface area contributed by atoms with Gasteiger partial charge in [0.05, 0.1) is 0 Å². The van der Waals surface area contributed by atoms with Crippen LogP contribution in [-0.4, -0.2) is 17.7 Å². The van der Waals surface area contributed by atoms with Gasteiger partial charge in [0.1, 0.15) is 5.60 Å². The van der Waals surface area contributed by atoms with Gasteiger partial charge in [0.15, 0.2) is 0 Å². The number of piperidine rings is 1. The third kappa shape index (κ3) is 3.33. The highest BCUT2D eigenvalue weighted by Crippen LogP contribution is 2.36. The maximum absolute atomic E-state index is 10.9. The molecular weight excluding hydrogens is 326 g/mol. The fourth-order valence-electron chi connectivity index (χ4n) is 2.88. The second-order valence-electron chi connectivity index (χ2n) is 5.58. The number of halogens is 2. The Morgan fingerprint density at radius 2 is 2.26 bits per heavy atom. The third-order valence-electron chi connectivity index (χ3n) is 4.24. The number of hydrogen-bond acceptors (Lipinski definition) is 2. The molecule has 2 rings (SSSR count). The molecule has 0 radical (unpaired) electrons. The molecule has 1 heterocycles. The van der Waals surface area contributed by atoms with Crippen molar-refractivity contribution in [3.63, 3.8) is 0 Å². The van der Waals surface area contributed by atoms with E-state index in [2.05, 4.69) is 28.2 Å². The van der Waals surface area contributed by atoms with Crippen molar-refractivity contribution in [2.45, 2.75) is 44.8 Å². The van der Waals surface area contributed by atoms with E-state index >= 15 is 0 Å². The minimum Gasteiger partial charge on any atom is -0.384 e. The number of rotatable bonds is 3. The van der Waals surface area contributed by atoms with Crippen LogP contribution >= 0.6 is 27.5 Å². The third-order valence-corrected chi connectivity index (χ3v) is 5.05. The Kier molecular flexibility index (Phi) is 4.93. The van der Waals surface area contributed by atoms with E-state index in [1.165, 1.54) is 12.8 Å². The lowest BCUT2D eigenvalue weighted by molar-refractivity contribution is -0.00301. The van der Waals surface area contributed by atoms with Crippen LogP contribution in [0.3, 0.4) is 0 Å². The Morgan fingerprint density at radius 3 is 2.89 bits per heavy atom. The molecule has 3 unspecified atom stereocenters. The van der Waals surface area contributed by atoms with Gasteiger partial charge in [-0.2, -0.15) is 0 Å². The van der Waals surface area contributed by atoms with Crippen LogP contribution in [0.1, 0.15) is 38.7 Å². The summed E-state index contributed by atoms with van der Waals surface area (Å²) in [6.07, 6.45) is 3.36. The first-order valence-corrected chi connectivity index (χ1v) is 8.03. The van der Waals surface area contributed by atoms with E-state index in [-0.39, 0.29) is 6.04 Å². The Morgan fingerprint density at radius 1 is 1.53 bits per heavy atom. The molecule has 1 aliphatic heterocycles. The molecule has 0 saturated carbocycles. The number of aliphatic hydroxyl groups is 1. The number of benzene rings is 1. The van der Waals surface area contributed by atoms with Gasteiger partial charge in [-0.3, -0.25) is 0 Å². The summed E-state index contributed by atoms with van der Waals surface area (Å²) in [6.45, 7) is 5.04. The van der Waals surface area contributed by atoms with Crippen LogP contribution in [0.25, 0.3) is 0 Å². The summed E-state index contributed by atoms with van der Waals surface area (Å²) < 4.78 is 0.931. The van der Waals surface area contributed by atoms with Crippen LogP contribution < -0.4 is 5.32 Å². The van der Waals surface area contributed by atoms with Crippen LogP contribution in [-0.2, 0) is 5.60 Å². The quantitative estimate of drug-likeness (QED) is 0.864. The minimum absolute atomic E-state index is 0.0601. The molecular formula is C15H21BrClNO. The van der Waals surface area contributed by atoms with Crippen LogP contribution in [0.4, 0.5) is 0 Å². The highest BCUT2D eigenvalue weighted by molar-refractivity contribution is 9.10. The first-order chi connectivity index (χ1) is 8.95. The van der Waals surface area contributed by atoms with Gasteiger partial charge in [-0.15, -0.1) is 0 Å². The lowest BCUT2D eigenvalue weighted by Crippen LogP contribution is -2.51. The minimum atomic E-state index is -0.939. The molecule has 0 bridgehead atoms. The summed E-state index contributed by atoms with van der Waals surface area (Å²) in [5.74, 6) is 0.687. The Bertz CT molecular complexity index is 450. The monoisotopic (exact) mass is 345 g/mol. The number of hydrogen-bond donors (Lipinski definition) is 2. The topological polar surface area (TPSA) is 32.3 Å². The zero-order chi connectivity index (χ0) is 14.0. The van der Waals surface area contributed by atoms with E-state index in [4.69, 9.17) is 11.6 Å². The van der Waals surface area contributed by atoms with Gasteiger partial charge < -0.3 is 10.4 Å². The van der Waals surface area contributed by atoms with Crippen molar-refractivity contribution < 1.29 is 5.11 Å². The smallest absolute Gasteiger partial charge is 0.103 e. The van der Waals surface area contributed by atoms with Gasteiger partial charge in [-0.1, -0.05) is 46.9 Å². The standard InChI is InChI=1S/C15H21BrClNO/c1-3-10-6-7-18-14(8-10)15(2,19)12-5-4-11(16)9-13(12)17/h4-5,9-10,14,18-19H,3,6-8H2,1-2H3. The maximum atomic E-state index is 10.9. The Hall–Kier alpha value is -0.0900. The van der Waals surface area contributed by atoms with Crippen molar-refractivity contribution in [2.75, 3.05) is 6.54 Å². The summed E-state index contributed by atoms with van der Waals surface area (Å²) in [5.41, 5.74) is -0.141. The second-order valence-corrected chi connectivity index (χ2v) is 6.90. The van der Waals surface area contributed by atoms with E-state index in [1.54, 1.807) is 0 Å². The average molecular weight is 347 g/mol. The Labute approximate surface area is 128 Å². The van der Waals surface area contributed by atoms with Crippen molar-refractivity contribution in [2.24, 2.45) is 5.92 Å². The molecule has 2 N–H and O–H groups in total. The fourth-order valence-corrected chi connectivity index (χ4v) is 3.75. The molecule has 2 nitrogen and oxygen atoms in total. The largest absolute Gasteiger partial charge is 0.384 e. The van der Waals surface area contributed by atoms with E-state index in [9.17, 15) is 5.11 Å². The highest BCUT2D eigenvalue weighted by Gasteiger charge is 2.38. The molecule has 0 spiro atoms. The average Bonchev–Trinajstić information content (AvgIpc) is 2.38. The van der Waals surface area contributed by atoms with Crippen LogP contribution in [0.15, 0.2) is 22.7 Å². The molecule has 106 valence electrons. The van der Waals surface area contributed by atoms with Gasteiger partial charge in [-0.25, -0.2) is 0 Å².